The molecule has 0 fully saturated rings. The van der Waals surface area contributed by atoms with Gasteiger partial charge in [0, 0.05) is 15.8 Å². The van der Waals surface area contributed by atoms with E-state index in [1.807, 2.05) is 45.0 Å². The summed E-state index contributed by atoms with van der Waals surface area (Å²) in [6.07, 6.45) is -0.493. The molecular weight excluding hydrogens is 329 g/mol. The predicted octanol–water partition coefficient (Wildman–Crippen LogP) is 2.88. The van der Waals surface area contributed by atoms with Crippen LogP contribution in [0.5, 0.6) is 0 Å². The van der Waals surface area contributed by atoms with Crippen molar-refractivity contribution in [1.29, 1.82) is 0 Å². The summed E-state index contributed by atoms with van der Waals surface area (Å²) in [5.74, 6) is 0. The van der Waals surface area contributed by atoms with Gasteiger partial charge in [0.2, 0.25) is 0 Å². The average molecular weight is 349 g/mol. The maximum absolute atomic E-state index is 9.75. The normalized spacial score (nSPS) is 13.5. The van der Waals surface area contributed by atoms with Crippen LogP contribution in [-0.4, -0.2) is 30.0 Å². The van der Waals surface area contributed by atoms with E-state index >= 15 is 0 Å². The Hall–Kier alpha value is -0.330. The molecule has 4 heteroatoms. The summed E-state index contributed by atoms with van der Waals surface area (Å²) < 4.78 is 6.69. The number of halogens is 1. The standard InChI is InChI=1S/C13H20INO2/c1-13(2,3)17-9-12(16)8-15-11-6-4-5-10(14)7-11/h4-7,12,15-16H,8-9H2,1-3H3. The Balaban J connectivity index is 2.31. The number of benzene rings is 1. The molecule has 0 bridgehead atoms. The summed E-state index contributed by atoms with van der Waals surface area (Å²) in [5.41, 5.74) is 0.815. The van der Waals surface area contributed by atoms with Crippen LogP contribution in [0.3, 0.4) is 0 Å². The second-order valence-electron chi connectivity index (χ2n) is 4.97. The highest BCUT2D eigenvalue weighted by atomic mass is 127. The Morgan fingerprint density at radius 3 is 2.71 bits per heavy atom. The molecule has 96 valence electrons. The van der Waals surface area contributed by atoms with Gasteiger partial charge in [-0.15, -0.1) is 0 Å². The lowest BCUT2D eigenvalue weighted by molar-refractivity contribution is -0.0449. The first-order valence-corrected chi connectivity index (χ1v) is 6.76. The summed E-state index contributed by atoms with van der Waals surface area (Å²) in [6, 6.07) is 8.05. The van der Waals surface area contributed by atoms with Crippen LogP contribution in [0.2, 0.25) is 0 Å². The van der Waals surface area contributed by atoms with Gasteiger partial charge >= 0.3 is 0 Å². The molecule has 0 aromatic heterocycles. The van der Waals surface area contributed by atoms with E-state index < -0.39 is 6.10 Å². The molecule has 17 heavy (non-hydrogen) atoms. The van der Waals surface area contributed by atoms with Gasteiger partial charge in [-0.2, -0.15) is 0 Å². The summed E-state index contributed by atoms with van der Waals surface area (Å²) in [7, 11) is 0. The van der Waals surface area contributed by atoms with Gasteiger partial charge in [0.05, 0.1) is 18.3 Å². The van der Waals surface area contributed by atoms with E-state index in [2.05, 4.69) is 27.9 Å². The van der Waals surface area contributed by atoms with Crippen molar-refractivity contribution in [3.8, 4) is 0 Å². The maximum atomic E-state index is 9.75. The van der Waals surface area contributed by atoms with Crippen molar-refractivity contribution in [3.63, 3.8) is 0 Å². The van der Waals surface area contributed by atoms with Crippen molar-refractivity contribution < 1.29 is 9.84 Å². The van der Waals surface area contributed by atoms with E-state index in [0.717, 1.165) is 5.69 Å². The molecule has 0 spiro atoms. The highest BCUT2D eigenvalue weighted by Crippen LogP contribution is 2.12. The molecule has 3 nitrogen and oxygen atoms in total. The molecule has 0 saturated carbocycles. The Labute approximate surface area is 117 Å². The number of rotatable bonds is 5. The largest absolute Gasteiger partial charge is 0.389 e. The molecule has 0 radical (unpaired) electrons. The number of aliphatic hydroxyl groups excluding tert-OH is 1. The number of anilines is 1. The SMILES string of the molecule is CC(C)(C)OCC(O)CNc1cccc(I)c1. The quantitative estimate of drug-likeness (QED) is 0.804. The highest BCUT2D eigenvalue weighted by molar-refractivity contribution is 14.1. The van der Waals surface area contributed by atoms with Crippen LogP contribution in [-0.2, 0) is 4.74 Å². The summed E-state index contributed by atoms with van der Waals surface area (Å²) in [6.45, 7) is 6.78. The average Bonchev–Trinajstić information content (AvgIpc) is 2.23. The minimum Gasteiger partial charge on any atom is -0.389 e. The summed E-state index contributed by atoms with van der Waals surface area (Å²) in [5, 5.41) is 12.9. The van der Waals surface area contributed by atoms with Gasteiger partial charge in [-0.25, -0.2) is 0 Å². The highest BCUT2D eigenvalue weighted by Gasteiger charge is 2.13. The first-order valence-electron chi connectivity index (χ1n) is 5.68. The van der Waals surface area contributed by atoms with Crippen molar-refractivity contribution >= 4 is 28.3 Å². The van der Waals surface area contributed by atoms with Crippen LogP contribution < -0.4 is 5.32 Å². The monoisotopic (exact) mass is 349 g/mol. The molecule has 1 aromatic rings. The minimum atomic E-state index is -0.493. The fourth-order valence-electron chi connectivity index (χ4n) is 1.24. The smallest absolute Gasteiger partial charge is 0.0945 e. The molecule has 1 unspecified atom stereocenters. The van der Waals surface area contributed by atoms with Crippen molar-refractivity contribution in [1.82, 2.24) is 0 Å². The molecule has 0 aliphatic rings. The molecule has 0 aliphatic carbocycles. The third kappa shape index (κ3) is 6.85. The zero-order chi connectivity index (χ0) is 12.9. The topological polar surface area (TPSA) is 41.5 Å². The molecule has 2 N–H and O–H groups in total. The van der Waals surface area contributed by atoms with E-state index in [-0.39, 0.29) is 5.60 Å². The second-order valence-corrected chi connectivity index (χ2v) is 6.21. The molecular formula is C13H20INO2. The Morgan fingerprint density at radius 1 is 1.41 bits per heavy atom. The van der Waals surface area contributed by atoms with Crippen molar-refractivity contribution in [2.45, 2.75) is 32.5 Å². The van der Waals surface area contributed by atoms with E-state index in [1.54, 1.807) is 0 Å². The van der Waals surface area contributed by atoms with Gasteiger partial charge in [0.1, 0.15) is 0 Å². The third-order valence-corrected chi connectivity index (χ3v) is 2.75. The predicted molar refractivity (Wildman–Crippen MR) is 79.4 cm³/mol. The lowest BCUT2D eigenvalue weighted by Crippen LogP contribution is -2.30. The van der Waals surface area contributed by atoms with E-state index in [0.29, 0.717) is 13.2 Å². The molecule has 0 saturated heterocycles. The van der Waals surface area contributed by atoms with Crippen LogP contribution in [0.1, 0.15) is 20.8 Å². The van der Waals surface area contributed by atoms with Gasteiger partial charge in [-0.3, -0.25) is 0 Å². The zero-order valence-electron chi connectivity index (χ0n) is 10.5. The van der Waals surface area contributed by atoms with Crippen LogP contribution in [0.15, 0.2) is 24.3 Å². The van der Waals surface area contributed by atoms with Crippen molar-refractivity contribution in [2.75, 3.05) is 18.5 Å². The number of nitrogens with one attached hydrogen (secondary N) is 1. The first-order chi connectivity index (χ1) is 7.87. The molecule has 1 atom stereocenters. The van der Waals surface area contributed by atoms with Gasteiger partial charge in [0.15, 0.2) is 0 Å². The zero-order valence-corrected chi connectivity index (χ0v) is 12.7. The first kappa shape index (κ1) is 14.7. The van der Waals surface area contributed by atoms with Crippen LogP contribution in [0, 0.1) is 3.57 Å². The van der Waals surface area contributed by atoms with E-state index in [1.165, 1.54) is 3.57 Å². The molecule has 1 rings (SSSR count). The molecule has 0 amide bonds. The van der Waals surface area contributed by atoms with Crippen LogP contribution in [0.25, 0.3) is 0 Å². The minimum absolute atomic E-state index is 0.205. The van der Waals surface area contributed by atoms with Gasteiger partial charge in [-0.1, -0.05) is 6.07 Å². The Bertz CT molecular complexity index is 350. The van der Waals surface area contributed by atoms with Gasteiger partial charge < -0.3 is 15.2 Å². The third-order valence-electron chi connectivity index (χ3n) is 2.08. The fourth-order valence-corrected chi connectivity index (χ4v) is 1.78. The number of hydrogen-bond donors (Lipinski definition) is 2. The van der Waals surface area contributed by atoms with Crippen LogP contribution >= 0.6 is 22.6 Å². The van der Waals surface area contributed by atoms with Crippen LogP contribution in [0.4, 0.5) is 5.69 Å². The summed E-state index contributed by atoms with van der Waals surface area (Å²) >= 11 is 2.26. The van der Waals surface area contributed by atoms with Crippen molar-refractivity contribution in [3.05, 3.63) is 27.8 Å². The fraction of sp³-hybridized carbons (Fsp3) is 0.538. The number of aliphatic hydroxyl groups is 1. The second kappa shape index (κ2) is 6.56. The Morgan fingerprint density at radius 2 is 2.12 bits per heavy atom. The van der Waals surface area contributed by atoms with Crippen molar-refractivity contribution in [2.24, 2.45) is 0 Å². The van der Waals surface area contributed by atoms with E-state index in [4.69, 9.17) is 4.74 Å². The summed E-state index contributed by atoms with van der Waals surface area (Å²) in [4.78, 5) is 0. The van der Waals surface area contributed by atoms with E-state index in [9.17, 15) is 5.11 Å². The number of ether oxygens (including phenoxy) is 1. The molecule has 1 aromatic carbocycles. The number of hydrogen-bond acceptors (Lipinski definition) is 3. The lowest BCUT2D eigenvalue weighted by atomic mass is 10.2. The molecule has 0 aliphatic heterocycles. The lowest BCUT2D eigenvalue weighted by Gasteiger charge is -2.22. The molecule has 0 heterocycles. The van der Waals surface area contributed by atoms with Gasteiger partial charge in [0.25, 0.3) is 0 Å². The van der Waals surface area contributed by atoms with Gasteiger partial charge in [-0.05, 0) is 61.6 Å². The Kier molecular flexibility index (Phi) is 5.69. The maximum Gasteiger partial charge on any atom is 0.0945 e.